The van der Waals surface area contributed by atoms with E-state index in [2.05, 4.69) is 22.9 Å². The van der Waals surface area contributed by atoms with E-state index in [1.165, 1.54) is 25.5 Å². The number of methoxy groups -OCH3 is 1. The molecule has 0 radical (unpaired) electrons. The third kappa shape index (κ3) is 2.86. The second-order valence-electron chi connectivity index (χ2n) is 4.92. The predicted octanol–water partition coefficient (Wildman–Crippen LogP) is 4.03. The lowest BCUT2D eigenvalue weighted by molar-refractivity contribution is -0.140. The lowest BCUT2D eigenvalue weighted by Crippen LogP contribution is -1.94. The standard InChI is InChI=1S/C11H11Cl.C4H8O2/c12-8-3-1-2-7(6-8)11-9-4-5-10(9)11;1-3-4(5)6-2/h1-3,6,9-11H,4-5H2;3H2,1-2H3. The van der Waals surface area contributed by atoms with Gasteiger partial charge in [0.25, 0.3) is 0 Å². The van der Waals surface area contributed by atoms with E-state index in [0.717, 1.165) is 22.8 Å². The summed E-state index contributed by atoms with van der Waals surface area (Å²) >= 11 is 5.93. The molecule has 0 aliphatic heterocycles. The van der Waals surface area contributed by atoms with Crippen LogP contribution in [0, 0.1) is 11.8 Å². The van der Waals surface area contributed by atoms with E-state index < -0.39 is 0 Å². The van der Waals surface area contributed by atoms with E-state index in [1.54, 1.807) is 6.92 Å². The van der Waals surface area contributed by atoms with Gasteiger partial charge < -0.3 is 4.74 Å². The van der Waals surface area contributed by atoms with Gasteiger partial charge in [0.2, 0.25) is 0 Å². The van der Waals surface area contributed by atoms with Crippen molar-refractivity contribution in [1.29, 1.82) is 0 Å². The number of halogens is 1. The molecule has 0 spiro atoms. The van der Waals surface area contributed by atoms with Crippen LogP contribution in [0.4, 0.5) is 0 Å². The summed E-state index contributed by atoms with van der Waals surface area (Å²) in [6, 6.07) is 8.37. The van der Waals surface area contributed by atoms with Crippen LogP contribution in [0.3, 0.4) is 0 Å². The first-order valence-electron chi connectivity index (χ1n) is 6.49. The van der Waals surface area contributed by atoms with Crippen molar-refractivity contribution in [3.8, 4) is 0 Å². The molecule has 0 bridgehead atoms. The largest absolute Gasteiger partial charge is 0.469 e. The van der Waals surface area contributed by atoms with Gasteiger partial charge in [-0.05, 0) is 48.3 Å². The van der Waals surface area contributed by atoms with Crippen molar-refractivity contribution in [3.63, 3.8) is 0 Å². The van der Waals surface area contributed by atoms with Crippen LogP contribution in [0.5, 0.6) is 0 Å². The highest BCUT2D eigenvalue weighted by Gasteiger charge is 2.56. The number of ether oxygens (including phenoxy) is 1. The normalized spacial score (nSPS) is 27.2. The Bertz CT molecular complexity index is 414. The molecule has 0 N–H and O–H groups in total. The molecule has 2 atom stereocenters. The van der Waals surface area contributed by atoms with Gasteiger partial charge in [-0.1, -0.05) is 30.7 Å². The van der Waals surface area contributed by atoms with Gasteiger partial charge in [-0.3, -0.25) is 4.79 Å². The highest BCUT2D eigenvalue weighted by molar-refractivity contribution is 6.30. The Morgan fingerprint density at radius 1 is 1.39 bits per heavy atom. The van der Waals surface area contributed by atoms with Crippen molar-refractivity contribution < 1.29 is 9.53 Å². The fraction of sp³-hybridized carbons (Fsp3) is 0.533. The van der Waals surface area contributed by atoms with Gasteiger partial charge in [0.05, 0.1) is 7.11 Å². The zero-order valence-corrected chi connectivity index (χ0v) is 11.6. The minimum Gasteiger partial charge on any atom is -0.469 e. The smallest absolute Gasteiger partial charge is 0.305 e. The number of hydrogen-bond donors (Lipinski definition) is 0. The van der Waals surface area contributed by atoms with Crippen molar-refractivity contribution in [2.75, 3.05) is 7.11 Å². The van der Waals surface area contributed by atoms with Crippen LogP contribution in [-0.4, -0.2) is 13.1 Å². The summed E-state index contributed by atoms with van der Waals surface area (Å²) < 4.78 is 4.26. The van der Waals surface area contributed by atoms with Crippen molar-refractivity contribution in [1.82, 2.24) is 0 Å². The number of esters is 1. The van der Waals surface area contributed by atoms with Gasteiger partial charge in [-0.25, -0.2) is 0 Å². The zero-order valence-electron chi connectivity index (χ0n) is 10.9. The Balaban J connectivity index is 0.000000174. The minimum absolute atomic E-state index is 0.157. The number of carbonyl (C=O) groups is 1. The molecular formula is C15H19ClO2. The van der Waals surface area contributed by atoms with Crippen molar-refractivity contribution in [2.24, 2.45) is 11.8 Å². The van der Waals surface area contributed by atoms with Crippen molar-refractivity contribution >= 4 is 17.6 Å². The van der Waals surface area contributed by atoms with Gasteiger partial charge in [0.15, 0.2) is 0 Å². The molecule has 2 aliphatic rings. The monoisotopic (exact) mass is 266 g/mol. The highest BCUT2D eigenvalue weighted by atomic mass is 35.5. The number of carbonyl (C=O) groups excluding carboxylic acids is 1. The molecule has 98 valence electrons. The number of hydrogen-bond acceptors (Lipinski definition) is 2. The molecule has 2 unspecified atom stereocenters. The molecule has 2 fully saturated rings. The van der Waals surface area contributed by atoms with E-state index in [1.807, 2.05) is 6.07 Å². The van der Waals surface area contributed by atoms with E-state index >= 15 is 0 Å². The quantitative estimate of drug-likeness (QED) is 0.756. The lowest BCUT2D eigenvalue weighted by Gasteiger charge is -2.04. The Morgan fingerprint density at radius 2 is 2.06 bits per heavy atom. The highest BCUT2D eigenvalue weighted by Crippen LogP contribution is 2.66. The minimum atomic E-state index is -0.157. The predicted molar refractivity (Wildman–Crippen MR) is 72.7 cm³/mol. The fourth-order valence-electron chi connectivity index (χ4n) is 2.71. The second-order valence-corrected chi connectivity index (χ2v) is 5.35. The van der Waals surface area contributed by atoms with Gasteiger partial charge >= 0.3 is 5.97 Å². The molecule has 0 aromatic heterocycles. The van der Waals surface area contributed by atoms with Crippen LogP contribution < -0.4 is 0 Å². The number of rotatable bonds is 2. The second kappa shape index (κ2) is 5.75. The summed E-state index contributed by atoms with van der Waals surface area (Å²) in [5.41, 5.74) is 1.47. The Hall–Kier alpha value is -1.02. The number of fused-ring (bicyclic) bond motifs is 1. The summed E-state index contributed by atoms with van der Waals surface area (Å²) in [5.74, 6) is 2.74. The van der Waals surface area contributed by atoms with Crippen LogP contribution in [0.25, 0.3) is 0 Å². The molecule has 1 aromatic rings. The van der Waals surface area contributed by atoms with Gasteiger partial charge in [0, 0.05) is 11.4 Å². The maximum atomic E-state index is 9.96. The molecule has 2 nitrogen and oxygen atoms in total. The molecule has 0 saturated heterocycles. The average Bonchev–Trinajstić information content (AvgIpc) is 2.90. The first kappa shape index (κ1) is 13.4. The zero-order chi connectivity index (χ0) is 13.1. The van der Waals surface area contributed by atoms with E-state index in [0.29, 0.717) is 6.42 Å². The third-order valence-electron chi connectivity index (χ3n) is 3.91. The Kier molecular flexibility index (Phi) is 4.28. The molecule has 2 aliphatic carbocycles. The molecule has 0 amide bonds. The van der Waals surface area contributed by atoms with Crippen LogP contribution in [0.2, 0.25) is 5.02 Å². The van der Waals surface area contributed by atoms with E-state index in [9.17, 15) is 4.79 Å². The van der Waals surface area contributed by atoms with E-state index in [4.69, 9.17) is 11.6 Å². The topological polar surface area (TPSA) is 26.3 Å². The molecule has 3 rings (SSSR count). The van der Waals surface area contributed by atoms with Crippen LogP contribution >= 0.6 is 11.6 Å². The Morgan fingerprint density at radius 3 is 2.44 bits per heavy atom. The third-order valence-corrected chi connectivity index (χ3v) is 4.15. The summed E-state index contributed by atoms with van der Waals surface area (Å²) in [7, 11) is 1.38. The molecular weight excluding hydrogens is 248 g/mol. The van der Waals surface area contributed by atoms with Crippen molar-refractivity contribution in [2.45, 2.75) is 32.1 Å². The fourth-order valence-corrected chi connectivity index (χ4v) is 2.91. The first-order valence-corrected chi connectivity index (χ1v) is 6.87. The molecule has 3 heteroatoms. The summed E-state index contributed by atoms with van der Waals surface area (Å²) in [6.45, 7) is 1.76. The maximum Gasteiger partial charge on any atom is 0.305 e. The lowest BCUT2D eigenvalue weighted by atomic mass is 10.0. The summed E-state index contributed by atoms with van der Waals surface area (Å²) in [4.78, 5) is 9.96. The van der Waals surface area contributed by atoms with Gasteiger partial charge in [-0.2, -0.15) is 0 Å². The molecule has 0 heterocycles. The average molecular weight is 267 g/mol. The van der Waals surface area contributed by atoms with Crippen LogP contribution in [-0.2, 0) is 9.53 Å². The maximum absolute atomic E-state index is 9.96. The number of benzene rings is 1. The van der Waals surface area contributed by atoms with Crippen molar-refractivity contribution in [3.05, 3.63) is 34.9 Å². The van der Waals surface area contributed by atoms with Gasteiger partial charge in [-0.15, -0.1) is 0 Å². The van der Waals surface area contributed by atoms with Crippen LogP contribution in [0.1, 0.15) is 37.7 Å². The molecule has 18 heavy (non-hydrogen) atoms. The van der Waals surface area contributed by atoms with Gasteiger partial charge in [0.1, 0.15) is 0 Å². The molecule has 2 saturated carbocycles. The van der Waals surface area contributed by atoms with Crippen LogP contribution in [0.15, 0.2) is 24.3 Å². The first-order chi connectivity index (χ1) is 8.67. The Labute approximate surface area is 113 Å². The molecule has 1 aromatic carbocycles. The summed E-state index contributed by atoms with van der Waals surface area (Å²) in [5, 5.41) is 0.888. The SMILES string of the molecule is CCC(=O)OC.Clc1cccc(C2C3CCC32)c1. The van der Waals surface area contributed by atoms with E-state index in [-0.39, 0.29) is 5.97 Å². The summed E-state index contributed by atoms with van der Waals surface area (Å²) in [6.07, 6.45) is 3.36.